The average molecular weight is 269 g/mol. The summed E-state index contributed by atoms with van der Waals surface area (Å²) in [5.74, 6) is 0.713. The lowest BCUT2D eigenvalue weighted by Crippen LogP contribution is -1.96. The molecule has 3 aromatic rings. The lowest BCUT2D eigenvalue weighted by atomic mass is 10.2. The minimum Gasteiger partial charge on any atom is -0.495 e. The number of hydrogen-bond donors (Lipinski definition) is 0. The van der Waals surface area contributed by atoms with Gasteiger partial charge < -0.3 is 4.74 Å². The van der Waals surface area contributed by atoms with Crippen LogP contribution >= 0.6 is 0 Å². The largest absolute Gasteiger partial charge is 0.495 e. The Kier molecular flexibility index (Phi) is 2.83. The van der Waals surface area contributed by atoms with Crippen LogP contribution in [0.3, 0.4) is 0 Å². The van der Waals surface area contributed by atoms with Gasteiger partial charge in [0, 0.05) is 12.1 Å². The van der Waals surface area contributed by atoms with Crippen LogP contribution in [0.1, 0.15) is 0 Å². The minimum atomic E-state index is -0.429. The third-order valence-corrected chi connectivity index (χ3v) is 3.09. The zero-order valence-corrected chi connectivity index (χ0v) is 10.7. The number of hydrogen-bond acceptors (Lipinski definition) is 4. The first kappa shape index (κ1) is 12.2. The van der Waals surface area contributed by atoms with Gasteiger partial charge in [0.2, 0.25) is 0 Å². The van der Waals surface area contributed by atoms with Gasteiger partial charge in [-0.05, 0) is 18.2 Å². The molecule has 0 aliphatic heterocycles. The van der Waals surface area contributed by atoms with Crippen LogP contribution in [-0.4, -0.2) is 21.6 Å². The molecule has 0 amide bonds. The third kappa shape index (κ3) is 1.87. The Morgan fingerprint density at radius 2 is 2.05 bits per heavy atom. The van der Waals surface area contributed by atoms with Gasteiger partial charge in [0.05, 0.1) is 28.8 Å². The molecule has 3 rings (SSSR count). The number of aromatic nitrogens is 2. The second-order valence-corrected chi connectivity index (χ2v) is 4.22. The molecule has 1 heterocycles. The lowest BCUT2D eigenvalue weighted by Gasteiger charge is -2.09. The van der Waals surface area contributed by atoms with Gasteiger partial charge in [-0.3, -0.25) is 14.7 Å². The van der Waals surface area contributed by atoms with E-state index < -0.39 is 4.92 Å². The molecule has 20 heavy (non-hydrogen) atoms. The molecule has 2 aromatic carbocycles. The van der Waals surface area contributed by atoms with Crippen molar-refractivity contribution in [3.8, 4) is 11.4 Å². The molecule has 0 fully saturated rings. The van der Waals surface area contributed by atoms with Crippen LogP contribution in [0, 0.1) is 10.1 Å². The molecule has 6 nitrogen and oxygen atoms in total. The Bertz CT molecular complexity index is 795. The standard InChI is InChI=1S/C14H11N3O3/c1-20-14-5-3-2-4-13(14)16-9-15-11-8-10(17(18)19)6-7-12(11)16/h2-9H,1H3. The first-order chi connectivity index (χ1) is 9.70. The second-order valence-electron chi connectivity index (χ2n) is 4.22. The van der Waals surface area contributed by atoms with Crippen molar-refractivity contribution >= 4 is 16.7 Å². The zero-order chi connectivity index (χ0) is 14.1. The molecule has 0 saturated carbocycles. The maximum Gasteiger partial charge on any atom is 0.271 e. The quantitative estimate of drug-likeness (QED) is 0.541. The molecule has 6 heteroatoms. The number of nitro benzene ring substituents is 1. The van der Waals surface area contributed by atoms with Crippen molar-refractivity contribution in [3.63, 3.8) is 0 Å². The van der Waals surface area contributed by atoms with E-state index in [9.17, 15) is 10.1 Å². The molecule has 0 aliphatic carbocycles. The number of ether oxygens (including phenoxy) is 1. The van der Waals surface area contributed by atoms with Crippen LogP contribution in [0.2, 0.25) is 0 Å². The number of methoxy groups -OCH3 is 1. The summed E-state index contributed by atoms with van der Waals surface area (Å²) in [4.78, 5) is 14.6. The Morgan fingerprint density at radius 1 is 1.25 bits per heavy atom. The lowest BCUT2D eigenvalue weighted by molar-refractivity contribution is -0.384. The van der Waals surface area contributed by atoms with Crippen molar-refractivity contribution < 1.29 is 9.66 Å². The van der Waals surface area contributed by atoms with Crippen LogP contribution in [0.4, 0.5) is 5.69 Å². The fraction of sp³-hybridized carbons (Fsp3) is 0.0714. The van der Waals surface area contributed by atoms with Gasteiger partial charge in [0.25, 0.3) is 5.69 Å². The molecule has 0 radical (unpaired) electrons. The van der Waals surface area contributed by atoms with Gasteiger partial charge in [-0.2, -0.15) is 0 Å². The van der Waals surface area contributed by atoms with Crippen molar-refractivity contribution in [2.75, 3.05) is 7.11 Å². The van der Waals surface area contributed by atoms with Gasteiger partial charge in [0.15, 0.2) is 0 Å². The van der Waals surface area contributed by atoms with Crippen LogP contribution in [0.5, 0.6) is 5.75 Å². The van der Waals surface area contributed by atoms with Gasteiger partial charge in [-0.25, -0.2) is 4.98 Å². The monoisotopic (exact) mass is 269 g/mol. The molecule has 0 N–H and O–H groups in total. The average Bonchev–Trinajstić information content (AvgIpc) is 2.89. The molecule has 0 atom stereocenters. The summed E-state index contributed by atoms with van der Waals surface area (Å²) >= 11 is 0. The second kappa shape index (κ2) is 4.65. The van der Waals surface area contributed by atoms with E-state index in [0.29, 0.717) is 11.3 Å². The SMILES string of the molecule is COc1ccccc1-n1cnc2cc([N+](=O)[O-])ccc21. The molecule has 0 spiro atoms. The van der Waals surface area contributed by atoms with Crippen molar-refractivity contribution in [1.82, 2.24) is 9.55 Å². The van der Waals surface area contributed by atoms with Gasteiger partial charge in [-0.15, -0.1) is 0 Å². The summed E-state index contributed by atoms with van der Waals surface area (Å²) in [5.41, 5.74) is 2.24. The molecule has 0 aliphatic rings. The highest BCUT2D eigenvalue weighted by Gasteiger charge is 2.12. The predicted octanol–water partition coefficient (Wildman–Crippen LogP) is 2.94. The smallest absolute Gasteiger partial charge is 0.271 e. The number of imidazole rings is 1. The number of nitrogens with zero attached hydrogens (tertiary/aromatic N) is 3. The molecular formula is C14H11N3O3. The number of para-hydroxylation sites is 2. The molecule has 100 valence electrons. The third-order valence-electron chi connectivity index (χ3n) is 3.09. The number of fused-ring (bicyclic) bond motifs is 1. The van der Waals surface area contributed by atoms with Crippen molar-refractivity contribution in [3.05, 3.63) is 58.9 Å². The molecule has 0 saturated heterocycles. The predicted molar refractivity (Wildman–Crippen MR) is 74.3 cm³/mol. The first-order valence-electron chi connectivity index (χ1n) is 5.95. The minimum absolute atomic E-state index is 0.0303. The van der Waals surface area contributed by atoms with Crippen molar-refractivity contribution in [2.45, 2.75) is 0 Å². The Labute approximate surface area is 114 Å². The number of benzene rings is 2. The van der Waals surface area contributed by atoms with Crippen LogP contribution in [-0.2, 0) is 0 Å². The highest BCUT2D eigenvalue weighted by Crippen LogP contribution is 2.27. The summed E-state index contributed by atoms with van der Waals surface area (Å²) in [6.07, 6.45) is 1.63. The van der Waals surface area contributed by atoms with E-state index in [-0.39, 0.29) is 5.69 Å². The van der Waals surface area contributed by atoms with E-state index in [1.165, 1.54) is 12.1 Å². The maximum absolute atomic E-state index is 10.8. The Hall–Kier alpha value is -2.89. The van der Waals surface area contributed by atoms with Crippen LogP contribution < -0.4 is 4.74 Å². The van der Waals surface area contributed by atoms with Crippen molar-refractivity contribution in [2.24, 2.45) is 0 Å². The Morgan fingerprint density at radius 3 is 2.80 bits per heavy atom. The van der Waals surface area contributed by atoms with E-state index in [4.69, 9.17) is 4.74 Å². The summed E-state index contributed by atoms with van der Waals surface area (Å²) in [5, 5.41) is 10.8. The number of nitro groups is 1. The van der Waals surface area contributed by atoms with E-state index >= 15 is 0 Å². The zero-order valence-electron chi connectivity index (χ0n) is 10.7. The Balaban J connectivity index is 2.20. The summed E-state index contributed by atoms with van der Waals surface area (Å²) < 4.78 is 7.17. The first-order valence-corrected chi connectivity index (χ1v) is 5.95. The number of rotatable bonds is 3. The fourth-order valence-corrected chi connectivity index (χ4v) is 2.14. The normalized spacial score (nSPS) is 10.7. The summed E-state index contributed by atoms with van der Waals surface area (Å²) in [6, 6.07) is 12.2. The highest BCUT2D eigenvalue weighted by molar-refractivity contribution is 5.80. The fourth-order valence-electron chi connectivity index (χ4n) is 2.14. The number of non-ortho nitro benzene ring substituents is 1. The van der Waals surface area contributed by atoms with Gasteiger partial charge in [0.1, 0.15) is 12.1 Å². The molecule has 0 unspecified atom stereocenters. The topological polar surface area (TPSA) is 70.2 Å². The highest BCUT2D eigenvalue weighted by atomic mass is 16.6. The summed E-state index contributed by atoms with van der Waals surface area (Å²) in [6.45, 7) is 0. The van der Waals surface area contributed by atoms with E-state index in [1.807, 2.05) is 28.8 Å². The van der Waals surface area contributed by atoms with Crippen molar-refractivity contribution in [1.29, 1.82) is 0 Å². The van der Waals surface area contributed by atoms with Crippen LogP contribution in [0.15, 0.2) is 48.8 Å². The van der Waals surface area contributed by atoms with Gasteiger partial charge in [-0.1, -0.05) is 12.1 Å². The van der Waals surface area contributed by atoms with E-state index in [1.54, 1.807) is 19.5 Å². The van der Waals surface area contributed by atoms with E-state index in [0.717, 1.165) is 11.2 Å². The van der Waals surface area contributed by atoms with Gasteiger partial charge >= 0.3 is 0 Å². The maximum atomic E-state index is 10.8. The molecular weight excluding hydrogens is 258 g/mol. The summed E-state index contributed by atoms with van der Waals surface area (Å²) in [7, 11) is 1.60. The van der Waals surface area contributed by atoms with E-state index in [2.05, 4.69) is 4.98 Å². The van der Waals surface area contributed by atoms with Crippen LogP contribution in [0.25, 0.3) is 16.7 Å². The molecule has 0 bridgehead atoms. The molecule has 1 aromatic heterocycles.